The van der Waals surface area contributed by atoms with Crippen molar-refractivity contribution < 1.29 is 18.1 Å². The molecule has 146 valence electrons. The number of nitrogens with zero attached hydrogens (tertiary/aromatic N) is 2. The number of nitro groups is 1. The van der Waals surface area contributed by atoms with Gasteiger partial charge in [-0.15, -0.1) is 0 Å². The lowest BCUT2D eigenvalue weighted by Gasteiger charge is -2.10. The highest BCUT2D eigenvalue weighted by atomic mass is 32.2. The maximum atomic E-state index is 12.4. The van der Waals surface area contributed by atoms with E-state index in [0.717, 1.165) is 11.6 Å². The lowest BCUT2D eigenvalue weighted by molar-refractivity contribution is -0.384. The number of ether oxygens (including phenoxy) is 1. The maximum Gasteiger partial charge on any atom is 0.271 e. The number of hydrogen-bond acceptors (Lipinski definition) is 6. The normalized spacial score (nSPS) is 10.8. The maximum absolute atomic E-state index is 12.4. The number of hydrogen-bond donors (Lipinski definition) is 1. The van der Waals surface area contributed by atoms with Crippen molar-refractivity contribution >= 4 is 21.4 Å². The highest BCUT2D eigenvalue weighted by molar-refractivity contribution is 7.92. The van der Waals surface area contributed by atoms with Crippen LogP contribution in [0.5, 0.6) is 11.5 Å². The first-order chi connectivity index (χ1) is 13.8. The third-order valence-electron chi connectivity index (χ3n) is 3.96. The summed E-state index contributed by atoms with van der Waals surface area (Å²) in [5, 5.41) is 20.0. The van der Waals surface area contributed by atoms with Crippen molar-refractivity contribution in [2.24, 2.45) is 0 Å². The molecule has 3 rings (SSSR count). The Hall–Kier alpha value is -3.90. The monoisotopic (exact) mass is 409 g/mol. The van der Waals surface area contributed by atoms with E-state index < -0.39 is 14.9 Å². The lowest BCUT2D eigenvalue weighted by atomic mass is 10.2. The zero-order valence-corrected chi connectivity index (χ0v) is 16.0. The first kappa shape index (κ1) is 19.9. The second-order valence-corrected chi connectivity index (χ2v) is 7.78. The highest BCUT2D eigenvalue weighted by Gasteiger charge is 2.15. The van der Waals surface area contributed by atoms with E-state index in [4.69, 9.17) is 4.74 Å². The Labute approximate surface area is 167 Å². The molecule has 0 saturated carbocycles. The van der Waals surface area contributed by atoms with Crippen LogP contribution in [-0.4, -0.2) is 13.3 Å². The van der Waals surface area contributed by atoms with Gasteiger partial charge in [0, 0.05) is 17.8 Å². The molecule has 0 aliphatic heterocycles. The van der Waals surface area contributed by atoms with Crippen LogP contribution in [0.25, 0.3) is 0 Å². The summed E-state index contributed by atoms with van der Waals surface area (Å²) in [4.78, 5) is 10.4. The Bertz CT molecular complexity index is 1200. The van der Waals surface area contributed by atoms with E-state index in [1.54, 1.807) is 12.1 Å². The smallest absolute Gasteiger partial charge is 0.271 e. The Balaban J connectivity index is 1.76. The van der Waals surface area contributed by atoms with E-state index >= 15 is 0 Å². The number of non-ortho nitro benzene ring substituents is 1. The number of anilines is 1. The van der Waals surface area contributed by atoms with E-state index in [9.17, 15) is 23.8 Å². The molecular weight excluding hydrogens is 394 g/mol. The fraction of sp³-hybridized carbons (Fsp3) is 0.0500. The molecule has 0 amide bonds. The minimum atomic E-state index is -3.72. The summed E-state index contributed by atoms with van der Waals surface area (Å²) in [6, 6.07) is 18.1. The van der Waals surface area contributed by atoms with Crippen molar-refractivity contribution in [2.75, 3.05) is 4.72 Å². The van der Waals surface area contributed by atoms with E-state index in [2.05, 4.69) is 4.72 Å². The summed E-state index contributed by atoms with van der Waals surface area (Å²) in [5.74, 6) is 0.500. The molecule has 0 saturated heterocycles. The van der Waals surface area contributed by atoms with Gasteiger partial charge in [-0.2, -0.15) is 5.26 Å². The topological polar surface area (TPSA) is 122 Å². The van der Waals surface area contributed by atoms with Gasteiger partial charge in [0.25, 0.3) is 15.7 Å². The third-order valence-corrected chi connectivity index (χ3v) is 5.36. The molecular formula is C20H15N3O5S. The molecule has 0 bridgehead atoms. The average Bonchev–Trinajstić information content (AvgIpc) is 2.69. The zero-order chi connectivity index (χ0) is 21.0. The van der Waals surface area contributed by atoms with Crippen molar-refractivity contribution in [1.82, 2.24) is 0 Å². The Morgan fingerprint density at radius 2 is 1.69 bits per heavy atom. The van der Waals surface area contributed by atoms with Crippen LogP contribution in [0.4, 0.5) is 11.4 Å². The predicted octanol–water partition coefficient (Wildman–Crippen LogP) is 4.37. The molecule has 0 aliphatic rings. The minimum absolute atomic E-state index is 0.0170. The molecule has 0 atom stereocenters. The van der Waals surface area contributed by atoms with Gasteiger partial charge in [0.2, 0.25) is 0 Å². The van der Waals surface area contributed by atoms with Crippen molar-refractivity contribution in [3.63, 3.8) is 0 Å². The van der Waals surface area contributed by atoms with E-state index in [-0.39, 0.29) is 21.9 Å². The lowest BCUT2D eigenvalue weighted by Crippen LogP contribution is -2.12. The quantitative estimate of drug-likeness (QED) is 0.476. The number of aryl methyl sites for hydroxylation is 1. The van der Waals surface area contributed by atoms with Gasteiger partial charge < -0.3 is 4.74 Å². The number of benzene rings is 3. The predicted molar refractivity (Wildman–Crippen MR) is 106 cm³/mol. The molecule has 8 nitrogen and oxygen atoms in total. The summed E-state index contributed by atoms with van der Waals surface area (Å²) in [6.45, 7) is 1.87. The van der Waals surface area contributed by atoms with Gasteiger partial charge >= 0.3 is 0 Å². The molecule has 0 unspecified atom stereocenters. The number of sulfonamides is 1. The first-order valence-electron chi connectivity index (χ1n) is 8.34. The molecule has 1 N–H and O–H groups in total. The zero-order valence-electron chi connectivity index (χ0n) is 15.2. The van der Waals surface area contributed by atoms with Gasteiger partial charge in [0.15, 0.2) is 0 Å². The average molecular weight is 409 g/mol. The van der Waals surface area contributed by atoms with E-state index in [0.29, 0.717) is 11.4 Å². The standard InChI is InChI=1S/C20H15N3O5S/c1-14-2-9-19(10-3-14)29(26,27)22-16-4-7-18(8-5-16)28-20-11-6-17(23(24)25)12-15(20)13-21/h2-12,22H,1H3. The van der Waals surface area contributed by atoms with Crippen LogP contribution in [0.2, 0.25) is 0 Å². The molecule has 0 fully saturated rings. The fourth-order valence-electron chi connectivity index (χ4n) is 2.46. The Morgan fingerprint density at radius 1 is 1.03 bits per heavy atom. The summed E-state index contributed by atoms with van der Waals surface area (Å²) in [5.41, 5.74) is 1.09. The van der Waals surface area contributed by atoms with E-state index in [1.165, 1.54) is 48.5 Å². The van der Waals surface area contributed by atoms with Gasteiger partial charge in [-0.05, 0) is 49.4 Å². The summed E-state index contributed by atoms with van der Waals surface area (Å²) in [7, 11) is -3.72. The molecule has 0 aliphatic carbocycles. The first-order valence-corrected chi connectivity index (χ1v) is 9.83. The Morgan fingerprint density at radius 3 is 2.28 bits per heavy atom. The summed E-state index contributed by atoms with van der Waals surface area (Å²) >= 11 is 0. The Kier molecular flexibility index (Phi) is 5.47. The molecule has 0 radical (unpaired) electrons. The van der Waals surface area contributed by atoms with E-state index in [1.807, 2.05) is 13.0 Å². The largest absolute Gasteiger partial charge is 0.456 e. The highest BCUT2D eigenvalue weighted by Crippen LogP contribution is 2.29. The number of nitrogens with one attached hydrogen (secondary N) is 1. The molecule has 0 aromatic heterocycles. The fourth-order valence-corrected chi connectivity index (χ4v) is 3.52. The molecule has 0 heterocycles. The number of nitro benzene ring substituents is 1. The van der Waals surface area contributed by atoms with Crippen LogP contribution in [0.15, 0.2) is 71.6 Å². The third kappa shape index (κ3) is 4.69. The van der Waals surface area contributed by atoms with Crippen molar-refractivity contribution in [2.45, 2.75) is 11.8 Å². The van der Waals surface area contributed by atoms with Crippen LogP contribution in [0, 0.1) is 28.4 Å². The second kappa shape index (κ2) is 8.00. The van der Waals surface area contributed by atoms with Gasteiger partial charge in [-0.1, -0.05) is 17.7 Å². The van der Waals surface area contributed by atoms with Crippen molar-refractivity contribution in [1.29, 1.82) is 5.26 Å². The van der Waals surface area contributed by atoms with Gasteiger partial charge in [0.05, 0.1) is 9.82 Å². The molecule has 3 aromatic rings. The summed E-state index contributed by atoms with van der Waals surface area (Å²) in [6.07, 6.45) is 0. The van der Waals surface area contributed by atoms with Crippen LogP contribution in [-0.2, 0) is 10.0 Å². The number of nitriles is 1. The summed E-state index contributed by atoms with van der Waals surface area (Å²) < 4.78 is 32.9. The molecule has 9 heteroatoms. The molecule has 3 aromatic carbocycles. The molecule has 0 spiro atoms. The second-order valence-electron chi connectivity index (χ2n) is 6.09. The van der Waals surface area contributed by atoms with Crippen molar-refractivity contribution in [3.8, 4) is 17.6 Å². The van der Waals surface area contributed by atoms with Gasteiger partial charge in [-0.3, -0.25) is 14.8 Å². The van der Waals surface area contributed by atoms with Crippen molar-refractivity contribution in [3.05, 3.63) is 88.0 Å². The minimum Gasteiger partial charge on any atom is -0.456 e. The van der Waals surface area contributed by atoms with Crippen LogP contribution < -0.4 is 9.46 Å². The molecule has 29 heavy (non-hydrogen) atoms. The van der Waals surface area contributed by atoms with Crippen LogP contribution in [0.3, 0.4) is 0 Å². The van der Waals surface area contributed by atoms with Gasteiger partial charge in [-0.25, -0.2) is 8.42 Å². The van der Waals surface area contributed by atoms with Gasteiger partial charge in [0.1, 0.15) is 23.1 Å². The SMILES string of the molecule is Cc1ccc(S(=O)(=O)Nc2ccc(Oc3ccc([N+](=O)[O-])cc3C#N)cc2)cc1. The van der Waals surface area contributed by atoms with Crippen LogP contribution in [0.1, 0.15) is 11.1 Å². The number of rotatable bonds is 6. The van der Waals surface area contributed by atoms with Crippen LogP contribution >= 0.6 is 0 Å².